The highest BCUT2D eigenvalue weighted by Crippen LogP contribution is 2.15. The maximum Gasteiger partial charge on any atom is 0.242 e. The number of nitrogens with one attached hydrogen (secondary N) is 2. The summed E-state index contributed by atoms with van der Waals surface area (Å²) < 4.78 is 29.1. The van der Waals surface area contributed by atoms with Crippen molar-refractivity contribution in [1.29, 1.82) is 0 Å². The van der Waals surface area contributed by atoms with Gasteiger partial charge >= 0.3 is 0 Å². The SMILES string of the molecule is CCCn1cc(S(=O)(=O)NCCN(C)C)cc1CNC. The summed E-state index contributed by atoms with van der Waals surface area (Å²) in [6.45, 7) is 4.65. The van der Waals surface area contributed by atoms with Crippen molar-refractivity contribution in [2.24, 2.45) is 0 Å². The van der Waals surface area contributed by atoms with E-state index in [1.165, 1.54) is 0 Å². The Balaban J connectivity index is 2.85. The summed E-state index contributed by atoms with van der Waals surface area (Å²) in [5.74, 6) is 0. The van der Waals surface area contributed by atoms with Crippen molar-refractivity contribution in [2.45, 2.75) is 31.3 Å². The molecule has 1 heterocycles. The molecule has 7 heteroatoms. The molecule has 0 atom stereocenters. The Morgan fingerprint density at radius 2 is 2.05 bits per heavy atom. The van der Waals surface area contributed by atoms with Gasteiger partial charge in [-0.05, 0) is 33.6 Å². The maximum atomic E-state index is 12.2. The van der Waals surface area contributed by atoms with E-state index in [0.29, 0.717) is 24.5 Å². The monoisotopic (exact) mass is 302 g/mol. The van der Waals surface area contributed by atoms with E-state index in [2.05, 4.69) is 17.0 Å². The van der Waals surface area contributed by atoms with Crippen LogP contribution in [0.25, 0.3) is 0 Å². The first kappa shape index (κ1) is 17.2. The molecular formula is C13H26N4O2S. The summed E-state index contributed by atoms with van der Waals surface area (Å²) in [6.07, 6.45) is 2.69. The van der Waals surface area contributed by atoms with Crippen LogP contribution < -0.4 is 10.0 Å². The van der Waals surface area contributed by atoms with Gasteiger partial charge in [0, 0.05) is 38.1 Å². The average molecular weight is 302 g/mol. The molecule has 0 saturated carbocycles. The van der Waals surface area contributed by atoms with Crippen LogP contribution in [0.4, 0.5) is 0 Å². The zero-order valence-electron chi connectivity index (χ0n) is 12.8. The maximum absolute atomic E-state index is 12.2. The van der Waals surface area contributed by atoms with Gasteiger partial charge in [-0.2, -0.15) is 0 Å². The van der Waals surface area contributed by atoms with Crippen LogP contribution in [0, 0.1) is 0 Å². The molecule has 0 radical (unpaired) electrons. The molecule has 2 N–H and O–H groups in total. The third-order valence-electron chi connectivity index (χ3n) is 2.94. The topological polar surface area (TPSA) is 66.4 Å². The first-order chi connectivity index (χ1) is 9.40. The molecule has 0 unspecified atom stereocenters. The summed E-state index contributed by atoms with van der Waals surface area (Å²) in [6, 6.07) is 1.74. The number of rotatable bonds is 9. The number of likely N-dealkylation sites (N-methyl/N-ethyl adjacent to an activating group) is 1. The lowest BCUT2D eigenvalue weighted by molar-refractivity contribution is 0.412. The Kier molecular flexibility index (Phi) is 6.67. The van der Waals surface area contributed by atoms with Gasteiger partial charge in [0.25, 0.3) is 0 Å². The van der Waals surface area contributed by atoms with Crippen molar-refractivity contribution in [3.63, 3.8) is 0 Å². The molecular weight excluding hydrogens is 276 g/mol. The van der Waals surface area contributed by atoms with Crippen LogP contribution in [0.15, 0.2) is 17.2 Å². The fraction of sp³-hybridized carbons (Fsp3) is 0.692. The smallest absolute Gasteiger partial charge is 0.242 e. The number of nitrogens with zero attached hydrogens (tertiary/aromatic N) is 2. The Morgan fingerprint density at radius 1 is 1.35 bits per heavy atom. The number of sulfonamides is 1. The zero-order valence-corrected chi connectivity index (χ0v) is 13.6. The second-order valence-electron chi connectivity index (χ2n) is 5.09. The quantitative estimate of drug-likeness (QED) is 0.695. The molecule has 1 rings (SSSR count). The summed E-state index contributed by atoms with van der Waals surface area (Å²) >= 11 is 0. The molecule has 0 aromatic carbocycles. The van der Waals surface area contributed by atoms with Crippen molar-refractivity contribution >= 4 is 10.0 Å². The number of aryl methyl sites for hydroxylation is 1. The van der Waals surface area contributed by atoms with E-state index in [0.717, 1.165) is 18.7 Å². The van der Waals surface area contributed by atoms with Crippen molar-refractivity contribution in [3.05, 3.63) is 18.0 Å². The van der Waals surface area contributed by atoms with E-state index in [-0.39, 0.29) is 0 Å². The largest absolute Gasteiger partial charge is 0.349 e. The van der Waals surface area contributed by atoms with Crippen molar-refractivity contribution in [2.75, 3.05) is 34.2 Å². The van der Waals surface area contributed by atoms with Crippen LogP contribution in [0.2, 0.25) is 0 Å². The average Bonchev–Trinajstić information content (AvgIpc) is 2.74. The van der Waals surface area contributed by atoms with Gasteiger partial charge in [0.2, 0.25) is 10.0 Å². The molecule has 116 valence electrons. The normalized spacial score (nSPS) is 12.2. The third-order valence-corrected chi connectivity index (χ3v) is 4.37. The van der Waals surface area contributed by atoms with Gasteiger partial charge in [-0.15, -0.1) is 0 Å². The molecule has 0 aliphatic heterocycles. The summed E-state index contributed by atoms with van der Waals surface area (Å²) in [5, 5.41) is 3.06. The minimum atomic E-state index is -3.42. The zero-order chi connectivity index (χ0) is 15.2. The van der Waals surface area contributed by atoms with Crippen molar-refractivity contribution < 1.29 is 8.42 Å². The lowest BCUT2D eigenvalue weighted by Crippen LogP contribution is -2.31. The van der Waals surface area contributed by atoms with Crippen LogP contribution >= 0.6 is 0 Å². The number of hydrogen-bond acceptors (Lipinski definition) is 4. The van der Waals surface area contributed by atoms with Gasteiger partial charge in [0.05, 0.1) is 4.90 Å². The van der Waals surface area contributed by atoms with Crippen LogP contribution in [-0.2, 0) is 23.1 Å². The van der Waals surface area contributed by atoms with E-state index in [1.54, 1.807) is 12.3 Å². The van der Waals surface area contributed by atoms with Crippen LogP contribution in [-0.4, -0.2) is 52.1 Å². The Hall–Kier alpha value is -0.890. The van der Waals surface area contributed by atoms with E-state index >= 15 is 0 Å². The second-order valence-corrected chi connectivity index (χ2v) is 6.86. The predicted molar refractivity (Wildman–Crippen MR) is 81.2 cm³/mol. The fourth-order valence-corrected chi connectivity index (χ4v) is 3.02. The molecule has 0 spiro atoms. The molecule has 1 aromatic heterocycles. The Bertz CT molecular complexity index is 485. The molecule has 0 bridgehead atoms. The van der Waals surface area contributed by atoms with Crippen LogP contribution in [0.5, 0.6) is 0 Å². The van der Waals surface area contributed by atoms with E-state index in [1.807, 2.05) is 30.6 Å². The predicted octanol–water partition coefficient (Wildman–Crippen LogP) is 0.457. The molecule has 6 nitrogen and oxygen atoms in total. The van der Waals surface area contributed by atoms with Crippen LogP contribution in [0.3, 0.4) is 0 Å². The third kappa shape index (κ3) is 4.90. The molecule has 0 aliphatic carbocycles. The van der Waals surface area contributed by atoms with E-state index in [9.17, 15) is 8.42 Å². The van der Waals surface area contributed by atoms with Crippen molar-refractivity contribution in [3.8, 4) is 0 Å². The Morgan fingerprint density at radius 3 is 2.60 bits per heavy atom. The first-order valence-corrected chi connectivity index (χ1v) is 8.37. The fourth-order valence-electron chi connectivity index (χ4n) is 1.94. The van der Waals surface area contributed by atoms with Gasteiger partial charge < -0.3 is 14.8 Å². The summed E-state index contributed by atoms with van der Waals surface area (Å²) in [7, 11) is 2.26. The van der Waals surface area contributed by atoms with Crippen LogP contribution in [0.1, 0.15) is 19.0 Å². The molecule has 0 amide bonds. The van der Waals surface area contributed by atoms with E-state index in [4.69, 9.17) is 0 Å². The molecule has 1 aromatic rings. The molecule has 0 aliphatic rings. The van der Waals surface area contributed by atoms with Gasteiger partial charge in [0.1, 0.15) is 0 Å². The Labute approximate surface area is 122 Å². The minimum Gasteiger partial charge on any atom is -0.349 e. The van der Waals surface area contributed by atoms with Gasteiger partial charge in [-0.1, -0.05) is 6.92 Å². The standard InChI is InChI=1S/C13H26N4O2S/c1-5-7-17-11-13(9-12(17)10-14-2)20(18,19)15-6-8-16(3)4/h9,11,14-15H,5-8,10H2,1-4H3. The molecule has 0 saturated heterocycles. The minimum absolute atomic E-state index is 0.343. The van der Waals surface area contributed by atoms with Gasteiger partial charge in [0.15, 0.2) is 0 Å². The summed E-state index contributed by atoms with van der Waals surface area (Å²) in [5.41, 5.74) is 0.988. The van der Waals surface area contributed by atoms with Gasteiger partial charge in [-0.25, -0.2) is 13.1 Å². The second kappa shape index (κ2) is 7.78. The summed E-state index contributed by atoms with van der Waals surface area (Å²) in [4.78, 5) is 2.28. The highest BCUT2D eigenvalue weighted by molar-refractivity contribution is 7.89. The van der Waals surface area contributed by atoms with Crippen molar-refractivity contribution in [1.82, 2.24) is 19.5 Å². The highest BCUT2D eigenvalue weighted by Gasteiger charge is 2.17. The number of hydrogen-bond donors (Lipinski definition) is 2. The molecule has 20 heavy (non-hydrogen) atoms. The highest BCUT2D eigenvalue weighted by atomic mass is 32.2. The number of aromatic nitrogens is 1. The van der Waals surface area contributed by atoms with E-state index < -0.39 is 10.0 Å². The lowest BCUT2D eigenvalue weighted by atomic mass is 10.4. The first-order valence-electron chi connectivity index (χ1n) is 6.88. The van der Waals surface area contributed by atoms with Gasteiger partial charge in [-0.3, -0.25) is 0 Å². The molecule has 0 fully saturated rings. The lowest BCUT2D eigenvalue weighted by Gasteiger charge is -2.10.